The van der Waals surface area contributed by atoms with Crippen LogP contribution in [0.25, 0.3) is 10.9 Å². The van der Waals surface area contributed by atoms with Crippen LogP contribution >= 0.6 is 0 Å². The van der Waals surface area contributed by atoms with E-state index >= 15 is 0 Å². The Kier molecular flexibility index (Phi) is 5.93. The van der Waals surface area contributed by atoms with Gasteiger partial charge in [0.25, 0.3) is 5.91 Å². The van der Waals surface area contributed by atoms with Gasteiger partial charge in [0.15, 0.2) is 0 Å². The maximum atomic E-state index is 13.6. The topological polar surface area (TPSA) is 89.2 Å². The Morgan fingerprint density at radius 1 is 1.19 bits per heavy atom. The Bertz CT molecular complexity index is 1150. The van der Waals surface area contributed by atoms with Crippen LogP contribution in [-0.4, -0.2) is 39.8 Å². The monoisotopic (exact) mass is 420 g/mol. The summed E-state index contributed by atoms with van der Waals surface area (Å²) in [5.74, 6) is -1.01. The highest BCUT2D eigenvalue weighted by Crippen LogP contribution is 2.30. The van der Waals surface area contributed by atoms with Gasteiger partial charge in [-0.3, -0.25) is 19.6 Å². The Balaban J connectivity index is 1.53. The summed E-state index contributed by atoms with van der Waals surface area (Å²) < 4.78 is 13.6. The van der Waals surface area contributed by atoms with E-state index in [9.17, 15) is 14.0 Å². The van der Waals surface area contributed by atoms with E-state index in [-0.39, 0.29) is 11.8 Å². The number of benzene rings is 1. The molecule has 160 valence electrons. The van der Waals surface area contributed by atoms with Gasteiger partial charge in [-0.25, -0.2) is 4.39 Å². The highest BCUT2D eigenvalue weighted by Gasteiger charge is 2.28. The number of primary amides is 1. The first-order valence-corrected chi connectivity index (χ1v) is 10.5. The molecule has 6 nitrogen and oxygen atoms in total. The molecule has 7 heteroatoms. The lowest BCUT2D eigenvalue weighted by atomic mass is 9.90. The van der Waals surface area contributed by atoms with Crippen molar-refractivity contribution >= 4 is 22.7 Å². The van der Waals surface area contributed by atoms with Crippen LogP contribution < -0.4 is 5.73 Å². The molecule has 2 amide bonds. The van der Waals surface area contributed by atoms with Crippen molar-refractivity contribution in [1.82, 2.24) is 14.9 Å². The number of carbonyl (C=O) groups is 2. The van der Waals surface area contributed by atoms with Crippen molar-refractivity contribution in [2.45, 2.75) is 38.5 Å². The Labute approximate surface area is 180 Å². The van der Waals surface area contributed by atoms with E-state index in [0.29, 0.717) is 48.1 Å². The van der Waals surface area contributed by atoms with Gasteiger partial charge in [0.2, 0.25) is 5.91 Å². The van der Waals surface area contributed by atoms with Crippen LogP contribution in [0.15, 0.2) is 42.5 Å². The highest BCUT2D eigenvalue weighted by molar-refractivity contribution is 5.97. The van der Waals surface area contributed by atoms with E-state index in [1.165, 1.54) is 12.1 Å². The van der Waals surface area contributed by atoms with E-state index in [0.717, 1.165) is 24.2 Å². The molecule has 4 rings (SSSR count). The van der Waals surface area contributed by atoms with Gasteiger partial charge in [-0.15, -0.1) is 0 Å². The number of aryl methyl sites for hydroxylation is 2. The van der Waals surface area contributed by atoms with E-state index in [1.54, 1.807) is 12.1 Å². The number of piperidine rings is 1. The quantitative estimate of drug-likeness (QED) is 0.684. The van der Waals surface area contributed by atoms with Crippen molar-refractivity contribution in [3.63, 3.8) is 0 Å². The van der Waals surface area contributed by atoms with Gasteiger partial charge in [-0.1, -0.05) is 6.07 Å². The number of rotatable bonds is 5. The van der Waals surface area contributed by atoms with E-state index in [4.69, 9.17) is 5.73 Å². The molecule has 1 aromatic carbocycles. The number of nitrogens with two attached hydrogens (primary N) is 1. The van der Waals surface area contributed by atoms with Crippen LogP contribution in [-0.2, 0) is 11.2 Å². The number of carbonyl (C=O) groups excluding carboxylic acids is 2. The molecule has 0 aliphatic carbocycles. The van der Waals surface area contributed by atoms with Gasteiger partial charge in [0.05, 0.1) is 16.8 Å². The summed E-state index contributed by atoms with van der Waals surface area (Å²) in [4.78, 5) is 35.9. The van der Waals surface area contributed by atoms with Crippen molar-refractivity contribution in [3.8, 4) is 0 Å². The molecule has 0 radical (unpaired) electrons. The molecule has 3 heterocycles. The molecule has 1 atom stereocenters. The third kappa shape index (κ3) is 4.71. The minimum absolute atomic E-state index is 0.0662. The Morgan fingerprint density at radius 2 is 2.03 bits per heavy atom. The minimum Gasteiger partial charge on any atom is -0.366 e. The van der Waals surface area contributed by atoms with Gasteiger partial charge in [-0.2, -0.15) is 0 Å². The van der Waals surface area contributed by atoms with E-state index in [1.807, 2.05) is 30.0 Å². The molecular weight excluding hydrogens is 395 g/mol. The lowest BCUT2D eigenvalue weighted by Crippen LogP contribution is -2.40. The van der Waals surface area contributed by atoms with Crippen LogP contribution in [0.2, 0.25) is 0 Å². The second-order valence-electron chi connectivity index (χ2n) is 8.07. The van der Waals surface area contributed by atoms with Crippen molar-refractivity contribution in [3.05, 3.63) is 70.9 Å². The number of hydrogen-bond donors (Lipinski definition) is 1. The Morgan fingerprint density at radius 3 is 2.81 bits per heavy atom. The maximum Gasteiger partial charge on any atom is 0.250 e. The molecular formula is C24H25FN4O2. The molecule has 2 aromatic heterocycles. The first-order valence-electron chi connectivity index (χ1n) is 10.5. The second-order valence-corrected chi connectivity index (χ2v) is 8.07. The number of nitrogens with zero attached hydrogens (tertiary/aromatic N) is 3. The summed E-state index contributed by atoms with van der Waals surface area (Å²) in [6.45, 7) is 3.10. The molecule has 1 saturated heterocycles. The molecule has 0 saturated carbocycles. The third-order valence-electron chi connectivity index (χ3n) is 5.77. The summed E-state index contributed by atoms with van der Waals surface area (Å²) in [5.41, 5.74) is 8.93. The average Bonchev–Trinajstić information content (AvgIpc) is 2.76. The van der Waals surface area contributed by atoms with Crippen LogP contribution in [0.3, 0.4) is 0 Å². The molecule has 0 bridgehead atoms. The highest BCUT2D eigenvalue weighted by atomic mass is 19.1. The van der Waals surface area contributed by atoms with Crippen molar-refractivity contribution in [1.29, 1.82) is 0 Å². The van der Waals surface area contributed by atoms with Crippen molar-refractivity contribution in [2.75, 3.05) is 13.1 Å². The standard InChI is InChI=1S/C24H25FN4O2/c1-15-4-2-6-19(27-15)8-10-22(30)29-11-3-5-16(14-29)23-20(24(26)31)13-17-12-18(25)7-9-21(17)28-23/h2,4,6-7,9,12-13,16H,3,5,8,10-11,14H2,1H3,(H2,26,31)/t16-/m1/s1. The largest absolute Gasteiger partial charge is 0.366 e. The van der Waals surface area contributed by atoms with Crippen LogP contribution in [0.1, 0.15) is 52.6 Å². The zero-order valence-corrected chi connectivity index (χ0v) is 17.5. The van der Waals surface area contributed by atoms with Gasteiger partial charge in [0.1, 0.15) is 5.82 Å². The van der Waals surface area contributed by atoms with Crippen molar-refractivity contribution in [2.24, 2.45) is 5.73 Å². The molecule has 2 N–H and O–H groups in total. The fourth-order valence-corrected chi connectivity index (χ4v) is 4.23. The fourth-order valence-electron chi connectivity index (χ4n) is 4.23. The first-order chi connectivity index (χ1) is 14.9. The number of halogens is 1. The van der Waals surface area contributed by atoms with E-state index in [2.05, 4.69) is 9.97 Å². The number of fused-ring (bicyclic) bond motifs is 1. The zero-order chi connectivity index (χ0) is 22.0. The molecule has 31 heavy (non-hydrogen) atoms. The lowest BCUT2D eigenvalue weighted by molar-refractivity contribution is -0.132. The summed E-state index contributed by atoms with van der Waals surface area (Å²) in [6.07, 6.45) is 2.61. The number of aromatic nitrogens is 2. The maximum absolute atomic E-state index is 13.6. The molecule has 3 aromatic rings. The van der Waals surface area contributed by atoms with Crippen molar-refractivity contribution < 1.29 is 14.0 Å². The predicted octanol–water partition coefficient (Wildman–Crippen LogP) is 3.52. The Hall–Kier alpha value is -3.35. The number of likely N-dealkylation sites (tertiary alicyclic amines) is 1. The van der Waals surface area contributed by atoms with Crippen LogP contribution in [0, 0.1) is 12.7 Å². The SMILES string of the molecule is Cc1cccc(CCC(=O)N2CCC[C@@H](c3nc4ccc(F)cc4cc3C(N)=O)C2)n1. The summed E-state index contributed by atoms with van der Waals surface area (Å²) in [5, 5.41) is 0.534. The van der Waals surface area contributed by atoms with E-state index < -0.39 is 11.7 Å². The molecule has 0 spiro atoms. The molecule has 1 aliphatic heterocycles. The predicted molar refractivity (Wildman–Crippen MR) is 116 cm³/mol. The van der Waals surface area contributed by atoms with Gasteiger partial charge in [-0.05, 0) is 62.6 Å². The van der Waals surface area contributed by atoms with Gasteiger partial charge >= 0.3 is 0 Å². The number of pyridine rings is 2. The number of amides is 2. The molecule has 1 fully saturated rings. The lowest BCUT2D eigenvalue weighted by Gasteiger charge is -2.33. The number of hydrogen-bond acceptors (Lipinski definition) is 4. The normalized spacial score (nSPS) is 16.5. The summed E-state index contributed by atoms with van der Waals surface area (Å²) >= 11 is 0. The first kappa shape index (κ1) is 20.9. The smallest absolute Gasteiger partial charge is 0.250 e. The van der Waals surface area contributed by atoms with Gasteiger partial charge < -0.3 is 10.6 Å². The van der Waals surface area contributed by atoms with Gasteiger partial charge in [0, 0.05) is 42.2 Å². The minimum atomic E-state index is -0.595. The van der Waals surface area contributed by atoms with Crippen LogP contribution in [0.4, 0.5) is 4.39 Å². The summed E-state index contributed by atoms with van der Waals surface area (Å²) in [6, 6.07) is 11.7. The molecule has 0 unspecified atom stereocenters. The molecule has 1 aliphatic rings. The zero-order valence-electron chi connectivity index (χ0n) is 17.5. The summed E-state index contributed by atoms with van der Waals surface area (Å²) in [7, 11) is 0. The van der Waals surface area contributed by atoms with Crippen LogP contribution in [0.5, 0.6) is 0 Å². The average molecular weight is 420 g/mol. The third-order valence-corrected chi connectivity index (χ3v) is 5.77. The second kappa shape index (κ2) is 8.79. The fraction of sp³-hybridized carbons (Fsp3) is 0.333.